The molecule has 25 heavy (non-hydrogen) atoms. The number of hydrogen-bond donors (Lipinski definition) is 6. The zero-order valence-corrected chi connectivity index (χ0v) is 12.7. The Labute approximate surface area is 139 Å². The third-order valence-corrected chi connectivity index (χ3v) is 2.86. The van der Waals surface area contributed by atoms with E-state index in [9.17, 15) is 28.8 Å². The second kappa shape index (κ2) is 9.29. The van der Waals surface area contributed by atoms with Crippen LogP contribution in [0.2, 0.25) is 0 Å². The maximum absolute atomic E-state index is 12.2. The van der Waals surface area contributed by atoms with E-state index in [2.05, 4.69) is 0 Å². The van der Waals surface area contributed by atoms with Crippen molar-refractivity contribution < 1.29 is 49.2 Å². The van der Waals surface area contributed by atoms with Crippen molar-refractivity contribution in [1.82, 2.24) is 4.90 Å². The number of nitrogens with zero attached hydrogens (tertiary/aromatic N) is 1. The van der Waals surface area contributed by atoms with Gasteiger partial charge in [0.2, 0.25) is 11.8 Å². The summed E-state index contributed by atoms with van der Waals surface area (Å²) in [5.41, 5.74) is 10.6. The van der Waals surface area contributed by atoms with Crippen LogP contribution in [0.5, 0.6) is 0 Å². The average Bonchev–Trinajstić information content (AvgIpc) is 2.43. The fourth-order valence-electron chi connectivity index (χ4n) is 1.78. The highest BCUT2D eigenvalue weighted by atomic mass is 16.4. The lowest BCUT2D eigenvalue weighted by atomic mass is 10.1. The van der Waals surface area contributed by atoms with Gasteiger partial charge < -0.3 is 31.9 Å². The van der Waals surface area contributed by atoms with Crippen molar-refractivity contribution in [1.29, 1.82) is 0 Å². The summed E-state index contributed by atoms with van der Waals surface area (Å²) in [5, 5.41) is 35.1. The smallest absolute Gasteiger partial charge is 0.327 e. The first-order valence-corrected chi connectivity index (χ1v) is 6.64. The molecule has 0 aromatic heterocycles. The van der Waals surface area contributed by atoms with Crippen LogP contribution in [0.4, 0.5) is 0 Å². The number of imide groups is 1. The SMILES string of the molecule is NC(CC(=O)O)C(=O)N(C(=O)C(N)CC(=O)O)C(CC(=O)O)C(=O)O. The topological polar surface area (TPSA) is 239 Å². The molecule has 0 aliphatic heterocycles. The van der Waals surface area contributed by atoms with Crippen LogP contribution in [0.25, 0.3) is 0 Å². The van der Waals surface area contributed by atoms with E-state index in [0.29, 0.717) is 0 Å². The predicted octanol–water partition coefficient (Wildman–Crippen LogP) is -3.13. The zero-order chi connectivity index (χ0) is 19.9. The van der Waals surface area contributed by atoms with E-state index in [1.54, 1.807) is 0 Å². The summed E-state index contributed by atoms with van der Waals surface area (Å²) in [5.74, 6) is -9.64. The van der Waals surface area contributed by atoms with Gasteiger partial charge in [-0.1, -0.05) is 0 Å². The number of aliphatic carboxylic acids is 4. The summed E-state index contributed by atoms with van der Waals surface area (Å²) in [6.07, 6.45) is -3.17. The number of hydrogen-bond acceptors (Lipinski definition) is 8. The van der Waals surface area contributed by atoms with Crippen molar-refractivity contribution in [3.8, 4) is 0 Å². The quantitative estimate of drug-likeness (QED) is 0.226. The average molecular weight is 363 g/mol. The van der Waals surface area contributed by atoms with Gasteiger partial charge in [-0.05, 0) is 0 Å². The van der Waals surface area contributed by atoms with Crippen molar-refractivity contribution in [2.75, 3.05) is 0 Å². The molecule has 13 nitrogen and oxygen atoms in total. The van der Waals surface area contributed by atoms with Crippen LogP contribution >= 0.6 is 0 Å². The molecule has 140 valence electrons. The molecule has 0 spiro atoms. The fourth-order valence-corrected chi connectivity index (χ4v) is 1.78. The van der Waals surface area contributed by atoms with Crippen LogP contribution < -0.4 is 11.5 Å². The Balaban J connectivity index is 5.84. The summed E-state index contributed by atoms with van der Waals surface area (Å²) < 4.78 is 0. The number of amides is 2. The standard InChI is InChI=1S/C12H17N3O10/c13-4(1-7(16)17)10(22)15(6(12(24)25)3-9(20)21)11(23)5(14)2-8(18)19/h4-6H,1-3,13-14H2,(H,16,17)(H,18,19)(H,20,21)(H,24,25). The van der Waals surface area contributed by atoms with Crippen LogP contribution in [0.15, 0.2) is 0 Å². The minimum absolute atomic E-state index is 0.0995. The molecule has 0 aromatic carbocycles. The van der Waals surface area contributed by atoms with Crippen LogP contribution in [0.3, 0.4) is 0 Å². The molecule has 0 bridgehead atoms. The number of carbonyl (C=O) groups is 6. The number of carboxylic acid groups (broad SMARTS) is 4. The van der Waals surface area contributed by atoms with Gasteiger partial charge >= 0.3 is 23.9 Å². The van der Waals surface area contributed by atoms with E-state index in [-0.39, 0.29) is 4.90 Å². The van der Waals surface area contributed by atoms with Crippen LogP contribution in [0, 0.1) is 0 Å². The lowest BCUT2D eigenvalue weighted by Crippen LogP contribution is -2.59. The van der Waals surface area contributed by atoms with Crippen molar-refractivity contribution in [3.63, 3.8) is 0 Å². The third-order valence-electron chi connectivity index (χ3n) is 2.86. The van der Waals surface area contributed by atoms with Crippen molar-refractivity contribution in [2.24, 2.45) is 11.5 Å². The van der Waals surface area contributed by atoms with Gasteiger partial charge in [-0.2, -0.15) is 0 Å². The molecular weight excluding hydrogens is 346 g/mol. The maximum Gasteiger partial charge on any atom is 0.327 e. The number of rotatable bonds is 10. The molecule has 0 aromatic rings. The first kappa shape index (κ1) is 21.9. The Bertz CT molecular complexity index is 556. The highest BCUT2D eigenvalue weighted by Crippen LogP contribution is 2.12. The van der Waals surface area contributed by atoms with E-state index < -0.39 is 73.1 Å². The van der Waals surface area contributed by atoms with Gasteiger partial charge in [-0.15, -0.1) is 0 Å². The maximum atomic E-state index is 12.2. The highest BCUT2D eigenvalue weighted by Gasteiger charge is 2.41. The number of carboxylic acids is 4. The van der Waals surface area contributed by atoms with Crippen molar-refractivity contribution in [3.05, 3.63) is 0 Å². The molecule has 8 N–H and O–H groups in total. The molecule has 3 unspecified atom stereocenters. The van der Waals surface area contributed by atoms with E-state index in [1.165, 1.54) is 0 Å². The molecule has 0 heterocycles. The van der Waals surface area contributed by atoms with Gasteiger partial charge in [0, 0.05) is 0 Å². The number of carbonyl (C=O) groups excluding carboxylic acids is 2. The molecule has 0 aliphatic carbocycles. The monoisotopic (exact) mass is 363 g/mol. The van der Waals surface area contributed by atoms with Crippen LogP contribution in [-0.4, -0.2) is 79.1 Å². The molecule has 0 rings (SSSR count). The van der Waals surface area contributed by atoms with E-state index in [1.807, 2.05) is 0 Å². The van der Waals surface area contributed by atoms with Gasteiger partial charge in [0.05, 0.1) is 31.3 Å². The summed E-state index contributed by atoms with van der Waals surface area (Å²) in [6, 6.07) is -5.97. The van der Waals surface area contributed by atoms with Gasteiger partial charge in [-0.3, -0.25) is 28.9 Å². The molecule has 0 aliphatic rings. The van der Waals surface area contributed by atoms with Gasteiger partial charge in [0.25, 0.3) is 0 Å². The lowest BCUT2D eigenvalue weighted by molar-refractivity contribution is -0.162. The minimum atomic E-state index is -2.24. The second-order valence-corrected chi connectivity index (χ2v) is 4.91. The zero-order valence-electron chi connectivity index (χ0n) is 12.7. The van der Waals surface area contributed by atoms with E-state index in [0.717, 1.165) is 0 Å². The summed E-state index contributed by atoms with van der Waals surface area (Å²) in [7, 11) is 0. The molecule has 0 radical (unpaired) electrons. The van der Waals surface area contributed by atoms with Gasteiger partial charge in [-0.25, -0.2) is 4.79 Å². The molecule has 2 amide bonds. The lowest BCUT2D eigenvalue weighted by Gasteiger charge is -2.30. The van der Waals surface area contributed by atoms with Gasteiger partial charge in [0.1, 0.15) is 6.04 Å². The predicted molar refractivity (Wildman–Crippen MR) is 76.0 cm³/mol. The summed E-state index contributed by atoms with van der Waals surface area (Å²) in [6.45, 7) is 0. The fraction of sp³-hybridized carbons (Fsp3) is 0.500. The van der Waals surface area contributed by atoms with E-state index >= 15 is 0 Å². The molecule has 0 fully saturated rings. The Morgan fingerprint density at radius 1 is 0.680 bits per heavy atom. The van der Waals surface area contributed by atoms with Crippen LogP contribution in [0.1, 0.15) is 19.3 Å². The third kappa shape index (κ3) is 6.92. The summed E-state index contributed by atoms with van der Waals surface area (Å²) in [4.78, 5) is 67.6. The van der Waals surface area contributed by atoms with E-state index in [4.69, 9.17) is 31.9 Å². The normalized spacial score (nSPS) is 14.0. The molecule has 0 saturated carbocycles. The van der Waals surface area contributed by atoms with Crippen molar-refractivity contribution in [2.45, 2.75) is 37.4 Å². The molecular formula is C12H17N3O10. The second-order valence-electron chi connectivity index (χ2n) is 4.91. The Morgan fingerprint density at radius 3 is 1.24 bits per heavy atom. The Hall–Kier alpha value is -3.06. The van der Waals surface area contributed by atoms with Crippen LogP contribution in [-0.2, 0) is 28.8 Å². The molecule has 13 heteroatoms. The Kier molecular flexibility index (Phi) is 8.15. The first-order chi connectivity index (χ1) is 11.4. The Morgan fingerprint density at radius 2 is 1.00 bits per heavy atom. The molecule has 0 saturated heterocycles. The van der Waals surface area contributed by atoms with Crippen molar-refractivity contribution >= 4 is 35.7 Å². The largest absolute Gasteiger partial charge is 0.481 e. The molecule has 3 atom stereocenters. The minimum Gasteiger partial charge on any atom is -0.481 e. The van der Waals surface area contributed by atoms with Gasteiger partial charge in [0.15, 0.2) is 0 Å². The highest BCUT2D eigenvalue weighted by molar-refractivity contribution is 6.05. The number of nitrogens with two attached hydrogens (primary N) is 2. The summed E-state index contributed by atoms with van der Waals surface area (Å²) >= 11 is 0. The first-order valence-electron chi connectivity index (χ1n) is 6.64.